The second-order valence-electron chi connectivity index (χ2n) is 6.16. The smallest absolute Gasteiger partial charge is 0.162 e. The molecule has 2 heterocycles. The maximum Gasteiger partial charge on any atom is 0.162 e. The SMILES string of the molecule is Cl.c1ccc(-c2nc(N3CCCCCC3)c3ccccc3n2)cc1. The Kier molecular flexibility index (Phi) is 5.31. The lowest BCUT2D eigenvalue weighted by molar-refractivity contribution is 0.726. The van der Waals surface area contributed by atoms with Crippen molar-refractivity contribution in [2.45, 2.75) is 25.7 Å². The summed E-state index contributed by atoms with van der Waals surface area (Å²) in [5.41, 5.74) is 2.11. The molecule has 2 aromatic carbocycles. The van der Waals surface area contributed by atoms with Crippen molar-refractivity contribution in [1.82, 2.24) is 9.97 Å². The lowest BCUT2D eigenvalue weighted by Gasteiger charge is -2.23. The molecular weight excluding hydrogens is 318 g/mol. The number of hydrogen-bond donors (Lipinski definition) is 0. The lowest BCUT2D eigenvalue weighted by Crippen LogP contribution is -2.25. The van der Waals surface area contributed by atoms with Gasteiger partial charge in [0.25, 0.3) is 0 Å². The molecule has 0 bridgehead atoms. The molecular formula is C20H22ClN3. The summed E-state index contributed by atoms with van der Waals surface area (Å²) in [7, 11) is 0. The Morgan fingerprint density at radius 2 is 1.38 bits per heavy atom. The Bertz CT molecular complexity index is 796. The number of para-hydroxylation sites is 1. The molecule has 1 saturated heterocycles. The van der Waals surface area contributed by atoms with Gasteiger partial charge in [-0.3, -0.25) is 0 Å². The molecule has 1 aliphatic rings. The Balaban J connectivity index is 0.00000169. The van der Waals surface area contributed by atoms with Crippen LogP contribution in [0.3, 0.4) is 0 Å². The average molecular weight is 340 g/mol. The van der Waals surface area contributed by atoms with Crippen molar-refractivity contribution in [3.63, 3.8) is 0 Å². The number of nitrogens with zero attached hydrogens (tertiary/aromatic N) is 3. The number of rotatable bonds is 2. The summed E-state index contributed by atoms with van der Waals surface area (Å²) < 4.78 is 0. The van der Waals surface area contributed by atoms with E-state index in [1.807, 2.05) is 18.2 Å². The molecule has 3 aromatic rings. The highest BCUT2D eigenvalue weighted by Gasteiger charge is 2.16. The van der Waals surface area contributed by atoms with Crippen LogP contribution in [0.4, 0.5) is 5.82 Å². The predicted octanol–water partition coefficient (Wildman–Crippen LogP) is 5.10. The molecule has 0 saturated carbocycles. The summed E-state index contributed by atoms with van der Waals surface area (Å²) in [6.45, 7) is 2.18. The topological polar surface area (TPSA) is 29.0 Å². The molecule has 0 amide bonds. The fourth-order valence-corrected chi connectivity index (χ4v) is 3.30. The zero-order chi connectivity index (χ0) is 15.5. The first-order valence-electron chi connectivity index (χ1n) is 8.49. The number of anilines is 1. The van der Waals surface area contributed by atoms with Crippen LogP contribution in [0.25, 0.3) is 22.3 Å². The van der Waals surface area contributed by atoms with Gasteiger partial charge in [0.2, 0.25) is 0 Å². The van der Waals surface area contributed by atoms with E-state index in [9.17, 15) is 0 Å². The minimum atomic E-state index is 0. The summed E-state index contributed by atoms with van der Waals surface area (Å²) in [5.74, 6) is 1.92. The fourth-order valence-electron chi connectivity index (χ4n) is 3.30. The third-order valence-corrected chi connectivity index (χ3v) is 4.52. The normalized spacial score (nSPS) is 14.9. The first-order valence-corrected chi connectivity index (χ1v) is 8.49. The lowest BCUT2D eigenvalue weighted by atomic mass is 10.1. The van der Waals surface area contributed by atoms with Gasteiger partial charge in [0.15, 0.2) is 5.82 Å². The number of hydrogen-bond acceptors (Lipinski definition) is 3. The molecule has 24 heavy (non-hydrogen) atoms. The van der Waals surface area contributed by atoms with E-state index in [1.165, 1.54) is 25.7 Å². The molecule has 4 heteroatoms. The van der Waals surface area contributed by atoms with Gasteiger partial charge in [0.1, 0.15) is 5.82 Å². The molecule has 4 rings (SSSR count). The Morgan fingerprint density at radius 1 is 0.708 bits per heavy atom. The van der Waals surface area contributed by atoms with E-state index in [0.29, 0.717) is 0 Å². The van der Waals surface area contributed by atoms with Crippen LogP contribution >= 0.6 is 12.4 Å². The second kappa shape index (κ2) is 7.63. The van der Waals surface area contributed by atoms with Crippen LogP contribution in [0.5, 0.6) is 0 Å². The number of halogens is 1. The van der Waals surface area contributed by atoms with Crippen LogP contribution in [0.1, 0.15) is 25.7 Å². The molecule has 0 unspecified atom stereocenters. The first-order chi connectivity index (χ1) is 11.4. The summed E-state index contributed by atoms with van der Waals surface area (Å²) in [6, 6.07) is 18.6. The van der Waals surface area contributed by atoms with Gasteiger partial charge in [-0.25, -0.2) is 9.97 Å². The molecule has 1 fully saturated rings. The average Bonchev–Trinajstić information content (AvgIpc) is 2.91. The van der Waals surface area contributed by atoms with Gasteiger partial charge in [0, 0.05) is 24.0 Å². The van der Waals surface area contributed by atoms with E-state index in [1.54, 1.807) is 0 Å². The summed E-state index contributed by atoms with van der Waals surface area (Å²) in [4.78, 5) is 12.2. The maximum absolute atomic E-state index is 4.95. The van der Waals surface area contributed by atoms with Gasteiger partial charge in [-0.2, -0.15) is 0 Å². The van der Waals surface area contributed by atoms with Crippen LogP contribution in [-0.2, 0) is 0 Å². The minimum Gasteiger partial charge on any atom is -0.356 e. The highest BCUT2D eigenvalue weighted by atomic mass is 35.5. The number of benzene rings is 2. The molecule has 0 spiro atoms. The van der Waals surface area contributed by atoms with E-state index < -0.39 is 0 Å². The van der Waals surface area contributed by atoms with Gasteiger partial charge in [-0.15, -0.1) is 12.4 Å². The van der Waals surface area contributed by atoms with Gasteiger partial charge < -0.3 is 4.90 Å². The van der Waals surface area contributed by atoms with Crippen molar-refractivity contribution in [1.29, 1.82) is 0 Å². The van der Waals surface area contributed by atoms with Crippen LogP contribution in [0, 0.1) is 0 Å². The van der Waals surface area contributed by atoms with Gasteiger partial charge in [-0.1, -0.05) is 55.3 Å². The van der Waals surface area contributed by atoms with Crippen LogP contribution < -0.4 is 4.90 Å². The fraction of sp³-hybridized carbons (Fsp3) is 0.300. The highest BCUT2D eigenvalue weighted by molar-refractivity contribution is 5.91. The van der Waals surface area contributed by atoms with Crippen LogP contribution in [0.15, 0.2) is 54.6 Å². The van der Waals surface area contributed by atoms with Crippen molar-refractivity contribution >= 4 is 29.1 Å². The standard InChI is InChI=1S/C20H21N3.ClH/c1-2-9-15-23(14-8-1)20-17-12-6-7-13-18(17)21-19(22-20)16-10-4-3-5-11-16;/h3-7,10-13H,1-2,8-9,14-15H2;1H. The van der Waals surface area contributed by atoms with Crippen molar-refractivity contribution in [2.24, 2.45) is 0 Å². The van der Waals surface area contributed by atoms with Gasteiger partial charge in [0.05, 0.1) is 5.52 Å². The largest absolute Gasteiger partial charge is 0.356 e. The zero-order valence-corrected chi connectivity index (χ0v) is 14.5. The third-order valence-electron chi connectivity index (χ3n) is 4.52. The Labute approximate surface area is 149 Å². The maximum atomic E-state index is 4.95. The molecule has 0 radical (unpaired) electrons. The molecule has 0 atom stereocenters. The molecule has 0 aliphatic carbocycles. The molecule has 3 nitrogen and oxygen atoms in total. The quantitative estimate of drug-likeness (QED) is 0.650. The monoisotopic (exact) mass is 339 g/mol. The molecule has 1 aromatic heterocycles. The van der Waals surface area contributed by atoms with E-state index in [0.717, 1.165) is 41.2 Å². The Morgan fingerprint density at radius 3 is 2.12 bits per heavy atom. The van der Waals surface area contributed by atoms with Gasteiger partial charge >= 0.3 is 0 Å². The van der Waals surface area contributed by atoms with Gasteiger partial charge in [-0.05, 0) is 25.0 Å². The molecule has 1 aliphatic heterocycles. The third kappa shape index (κ3) is 3.36. The first kappa shape index (κ1) is 16.7. The summed E-state index contributed by atoms with van der Waals surface area (Å²) in [6.07, 6.45) is 5.15. The summed E-state index contributed by atoms with van der Waals surface area (Å²) in [5, 5.41) is 1.16. The molecule has 0 N–H and O–H groups in total. The molecule has 124 valence electrons. The van der Waals surface area contributed by atoms with E-state index in [2.05, 4.69) is 41.3 Å². The minimum absolute atomic E-state index is 0. The highest BCUT2D eigenvalue weighted by Crippen LogP contribution is 2.29. The van der Waals surface area contributed by atoms with Crippen molar-refractivity contribution < 1.29 is 0 Å². The second-order valence-corrected chi connectivity index (χ2v) is 6.16. The zero-order valence-electron chi connectivity index (χ0n) is 13.7. The predicted molar refractivity (Wildman–Crippen MR) is 103 cm³/mol. The van der Waals surface area contributed by atoms with Crippen molar-refractivity contribution in [2.75, 3.05) is 18.0 Å². The Hall–Kier alpha value is -2.13. The van der Waals surface area contributed by atoms with Crippen LogP contribution in [0.2, 0.25) is 0 Å². The van der Waals surface area contributed by atoms with E-state index >= 15 is 0 Å². The van der Waals surface area contributed by atoms with E-state index in [-0.39, 0.29) is 12.4 Å². The summed E-state index contributed by atoms with van der Waals surface area (Å²) >= 11 is 0. The van der Waals surface area contributed by atoms with Crippen molar-refractivity contribution in [3.05, 3.63) is 54.6 Å². The van der Waals surface area contributed by atoms with Crippen molar-refractivity contribution in [3.8, 4) is 11.4 Å². The van der Waals surface area contributed by atoms with Crippen LogP contribution in [-0.4, -0.2) is 23.1 Å². The number of aromatic nitrogens is 2. The number of fused-ring (bicyclic) bond motifs is 1. The van der Waals surface area contributed by atoms with E-state index in [4.69, 9.17) is 9.97 Å².